The molecule has 2 aromatic rings. The molecule has 0 aliphatic heterocycles. The van der Waals surface area contributed by atoms with Crippen molar-refractivity contribution in [3.8, 4) is 5.75 Å². The Bertz CT molecular complexity index is 992. The quantitative estimate of drug-likeness (QED) is 0.376. The third kappa shape index (κ3) is 7.21. The van der Waals surface area contributed by atoms with Crippen LogP contribution in [-0.4, -0.2) is 46.6 Å². The molecule has 0 spiro atoms. The largest absolute Gasteiger partial charge is 0.497 e. The van der Waals surface area contributed by atoms with Crippen LogP contribution in [0.4, 0.5) is 5.69 Å². The molecule has 8 nitrogen and oxygen atoms in total. The number of hydrogen-bond acceptors (Lipinski definition) is 6. The summed E-state index contributed by atoms with van der Waals surface area (Å²) < 4.78 is 5.30. The van der Waals surface area contributed by atoms with Gasteiger partial charge >= 0.3 is 0 Å². The number of carbonyl (C=O) groups is 2. The maximum Gasteiger partial charge on any atom is 0.269 e. The average molecular weight is 486 g/mol. The maximum atomic E-state index is 13.2. The van der Waals surface area contributed by atoms with Gasteiger partial charge in [-0.25, -0.2) is 0 Å². The number of nitrogens with zero attached hydrogens (tertiary/aromatic N) is 2. The average Bonchev–Trinajstić information content (AvgIpc) is 3.35. The van der Waals surface area contributed by atoms with E-state index in [1.807, 2.05) is 24.3 Å². The zero-order valence-corrected chi connectivity index (χ0v) is 20.4. The van der Waals surface area contributed by atoms with Crippen molar-refractivity contribution in [1.29, 1.82) is 0 Å². The number of nitrogens with one attached hydrogen (secondary N) is 1. The molecule has 182 valence electrons. The molecule has 1 N–H and O–H groups in total. The molecule has 3 rings (SSSR count). The van der Waals surface area contributed by atoms with Gasteiger partial charge in [-0.1, -0.05) is 37.1 Å². The van der Waals surface area contributed by atoms with Crippen molar-refractivity contribution < 1.29 is 19.2 Å². The minimum atomic E-state index is -0.612. The lowest BCUT2D eigenvalue weighted by Gasteiger charge is -2.29. The molecular weight excluding hydrogens is 454 g/mol. The molecule has 1 aliphatic carbocycles. The molecule has 0 saturated heterocycles. The highest BCUT2D eigenvalue weighted by atomic mass is 32.2. The van der Waals surface area contributed by atoms with E-state index in [1.165, 1.54) is 23.9 Å². The lowest BCUT2D eigenvalue weighted by molar-refractivity contribution is -0.384. The fourth-order valence-electron chi connectivity index (χ4n) is 4.00. The van der Waals surface area contributed by atoms with Gasteiger partial charge in [-0.05, 0) is 43.0 Å². The summed E-state index contributed by atoms with van der Waals surface area (Å²) in [4.78, 5) is 38.2. The molecule has 0 bridgehead atoms. The number of rotatable bonds is 11. The Morgan fingerprint density at radius 3 is 2.53 bits per heavy atom. The van der Waals surface area contributed by atoms with Crippen LogP contribution >= 0.6 is 11.8 Å². The summed E-state index contributed by atoms with van der Waals surface area (Å²) in [6.07, 6.45) is 4.19. The lowest BCUT2D eigenvalue weighted by atomic mass is 10.1. The van der Waals surface area contributed by atoms with Crippen LogP contribution in [0.15, 0.2) is 48.5 Å². The highest BCUT2D eigenvalue weighted by Crippen LogP contribution is 2.21. The third-order valence-electron chi connectivity index (χ3n) is 6.00. The van der Waals surface area contributed by atoms with Crippen molar-refractivity contribution in [2.75, 3.05) is 12.9 Å². The van der Waals surface area contributed by atoms with E-state index in [0.29, 0.717) is 18.0 Å². The molecule has 1 aliphatic rings. The van der Waals surface area contributed by atoms with Gasteiger partial charge in [0.1, 0.15) is 11.8 Å². The minimum absolute atomic E-state index is 0.0383. The van der Waals surface area contributed by atoms with E-state index < -0.39 is 11.0 Å². The SMILES string of the molecule is COc1cccc(CN(C(=O)CSCc2ccc([N+](=O)[O-])cc2)C(C)C(=O)NC2CCCC2)c1. The minimum Gasteiger partial charge on any atom is -0.497 e. The van der Waals surface area contributed by atoms with Crippen LogP contribution in [0.25, 0.3) is 0 Å². The zero-order valence-electron chi connectivity index (χ0n) is 19.6. The number of nitro groups is 1. The van der Waals surface area contributed by atoms with E-state index in [-0.39, 0.29) is 29.3 Å². The predicted octanol–water partition coefficient (Wildman–Crippen LogP) is 4.31. The van der Waals surface area contributed by atoms with Gasteiger partial charge < -0.3 is 15.0 Å². The van der Waals surface area contributed by atoms with Gasteiger partial charge in [0.25, 0.3) is 5.69 Å². The Morgan fingerprint density at radius 1 is 1.18 bits per heavy atom. The number of benzene rings is 2. The summed E-state index contributed by atoms with van der Waals surface area (Å²) in [5.41, 5.74) is 1.82. The van der Waals surface area contributed by atoms with Gasteiger partial charge in [0.2, 0.25) is 11.8 Å². The third-order valence-corrected chi connectivity index (χ3v) is 6.99. The van der Waals surface area contributed by atoms with Crippen molar-refractivity contribution in [2.45, 2.75) is 57.0 Å². The monoisotopic (exact) mass is 485 g/mol. The van der Waals surface area contributed by atoms with Crippen LogP contribution in [0, 0.1) is 10.1 Å². The maximum absolute atomic E-state index is 13.2. The topological polar surface area (TPSA) is 102 Å². The van der Waals surface area contributed by atoms with Crippen molar-refractivity contribution in [2.24, 2.45) is 0 Å². The normalized spacial score (nSPS) is 14.4. The molecule has 0 heterocycles. The first-order valence-electron chi connectivity index (χ1n) is 11.4. The first kappa shape index (κ1) is 25.6. The first-order valence-corrected chi connectivity index (χ1v) is 12.6. The smallest absolute Gasteiger partial charge is 0.269 e. The standard InChI is InChI=1S/C25H31N3O5S/c1-18(25(30)26-21-7-3-4-8-21)27(15-20-6-5-9-23(14-20)33-2)24(29)17-34-16-19-10-12-22(13-11-19)28(31)32/h5-6,9-14,18,21H,3-4,7-8,15-17H2,1-2H3,(H,26,30). The van der Waals surface area contributed by atoms with E-state index in [0.717, 1.165) is 36.8 Å². The number of thioether (sulfide) groups is 1. The van der Waals surface area contributed by atoms with Crippen molar-refractivity contribution in [3.63, 3.8) is 0 Å². The fourth-order valence-corrected chi connectivity index (χ4v) is 4.87. The second-order valence-electron chi connectivity index (χ2n) is 8.46. The molecule has 2 amide bonds. The molecule has 1 atom stereocenters. The van der Waals surface area contributed by atoms with Gasteiger partial charge in [-0.15, -0.1) is 11.8 Å². The Hall–Kier alpha value is -3.07. The molecule has 9 heteroatoms. The van der Waals surface area contributed by atoms with Gasteiger partial charge in [0, 0.05) is 30.5 Å². The number of carbonyl (C=O) groups excluding carboxylic acids is 2. The summed E-state index contributed by atoms with van der Waals surface area (Å²) in [6, 6.07) is 13.4. The number of nitro benzene ring substituents is 1. The molecular formula is C25H31N3O5S. The van der Waals surface area contributed by atoms with E-state index in [1.54, 1.807) is 31.1 Å². The lowest BCUT2D eigenvalue weighted by Crippen LogP contribution is -2.50. The van der Waals surface area contributed by atoms with E-state index in [4.69, 9.17) is 4.74 Å². The molecule has 1 unspecified atom stereocenters. The summed E-state index contributed by atoms with van der Waals surface area (Å²) in [5.74, 6) is 1.16. The van der Waals surface area contributed by atoms with E-state index >= 15 is 0 Å². The summed E-state index contributed by atoms with van der Waals surface area (Å²) >= 11 is 1.42. The predicted molar refractivity (Wildman–Crippen MR) is 133 cm³/mol. The molecule has 0 aromatic heterocycles. The number of ether oxygens (including phenoxy) is 1. The fraction of sp³-hybridized carbons (Fsp3) is 0.440. The highest BCUT2D eigenvalue weighted by Gasteiger charge is 2.28. The summed E-state index contributed by atoms with van der Waals surface area (Å²) in [7, 11) is 1.59. The first-order chi connectivity index (χ1) is 16.4. The highest BCUT2D eigenvalue weighted by molar-refractivity contribution is 7.99. The van der Waals surface area contributed by atoms with Crippen LogP contribution in [0.5, 0.6) is 5.75 Å². The number of non-ortho nitro benzene ring substituents is 1. The van der Waals surface area contributed by atoms with Crippen LogP contribution in [-0.2, 0) is 21.9 Å². The molecule has 1 saturated carbocycles. The van der Waals surface area contributed by atoms with Crippen molar-refractivity contribution >= 4 is 29.3 Å². The van der Waals surface area contributed by atoms with Crippen LogP contribution in [0.3, 0.4) is 0 Å². The van der Waals surface area contributed by atoms with Gasteiger partial charge in [0.15, 0.2) is 0 Å². The van der Waals surface area contributed by atoms with E-state index in [2.05, 4.69) is 5.32 Å². The molecule has 34 heavy (non-hydrogen) atoms. The Morgan fingerprint density at radius 2 is 1.88 bits per heavy atom. The Labute approximate surface area is 204 Å². The van der Waals surface area contributed by atoms with Crippen molar-refractivity contribution in [3.05, 3.63) is 69.8 Å². The number of methoxy groups -OCH3 is 1. The van der Waals surface area contributed by atoms with Gasteiger partial charge in [-0.3, -0.25) is 19.7 Å². The number of hydrogen-bond donors (Lipinski definition) is 1. The zero-order chi connectivity index (χ0) is 24.5. The molecule has 0 radical (unpaired) electrons. The molecule has 2 aromatic carbocycles. The van der Waals surface area contributed by atoms with Crippen LogP contribution in [0.2, 0.25) is 0 Å². The Balaban J connectivity index is 1.65. The van der Waals surface area contributed by atoms with Crippen molar-refractivity contribution in [1.82, 2.24) is 10.2 Å². The summed E-state index contributed by atoms with van der Waals surface area (Å²) in [5, 5.41) is 13.9. The molecule has 1 fully saturated rings. The van der Waals surface area contributed by atoms with E-state index in [9.17, 15) is 19.7 Å². The van der Waals surface area contributed by atoms with Crippen LogP contribution < -0.4 is 10.1 Å². The van der Waals surface area contributed by atoms with Crippen LogP contribution in [0.1, 0.15) is 43.7 Å². The van der Waals surface area contributed by atoms with Gasteiger partial charge in [-0.2, -0.15) is 0 Å². The second-order valence-corrected chi connectivity index (χ2v) is 9.44. The Kier molecular flexibility index (Phi) is 9.33. The second kappa shape index (κ2) is 12.4. The summed E-state index contributed by atoms with van der Waals surface area (Å²) in [6.45, 7) is 2.07. The van der Waals surface area contributed by atoms with Gasteiger partial charge in [0.05, 0.1) is 17.8 Å². The number of amides is 2.